The fourth-order valence-corrected chi connectivity index (χ4v) is 1.46. The number of nitrogens with one attached hydrogen (secondary N) is 1. The second kappa shape index (κ2) is 6.18. The van der Waals surface area contributed by atoms with E-state index in [1.807, 2.05) is 5.32 Å². The molecular formula is C12H12F3N3O2. The molecule has 0 saturated heterocycles. The third-order valence-electron chi connectivity index (χ3n) is 2.27. The molecule has 20 heavy (non-hydrogen) atoms. The topological polar surface area (TPSA) is 62.3 Å². The number of nitrogens with zero attached hydrogens (tertiary/aromatic N) is 2. The van der Waals surface area contributed by atoms with Crippen molar-refractivity contribution in [2.75, 3.05) is 16.8 Å². The van der Waals surface area contributed by atoms with Crippen LogP contribution in [0.2, 0.25) is 0 Å². The minimum atomic E-state index is -1.64. The Balaban J connectivity index is 3.47. The molecule has 0 aliphatic heterocycles. The molecule has 1 aromatic heterocycles. The van der Waals surface area contributed by atoms with Crippen molar-refractivity contribution in [2.24, 2.45) is 0 Å². The van der Waals surface area contributed by atoms with Crippen LogP contribution in [0.25, 0.3) is 0 Å². The van der Waals surface area contributed by atoms with Crippen LogP contribution >= 0.6 is 0 Å². The van der Waals surface area contributed by atoms with Crippen LogP contribution in [-0.4, -0.2) is 23.3 Å². The third kappa shape index (κ3) is 3.14. The Morgan fingerprint density at radius 3 is 2.35 bits per heavy atom. The van der Waals surface area contributed by atoms with Crippen LogP contribution in [-0.2, 0) is 9.59 Å². The van der Waals surface area contributed by atoms with E-state index in [9.17, 15) is 22.8 Å². The van der Waals surface area contributed by atoms with E-state index in [4.69, 9.17) is 0 Å². The molecule has 108 valence electrons. The van der Waals surface area contributed by atoms with Crippen molar-refractivity contribution in [3.05, 3.63) is 30.2 Å². The molecule has 8 heteroatoms. The maximum Gasteiger partial charge on any atom is 0.253 e. The van der Waals surface area contributed by atoms with E-state index >= 15 is 0 Å². The molecule has 0 aliphatic rings. The van der Waals surface area contributed by atoms with E-state index in [1.54, 1.807) is 0 Å². The number of carbonyl (C=O) groups excluding carboxylic acids is 2. The standard InChI is InChI=1S/C12H12F3N3O2/c1-4-5-18(7(3)20)12-9(14)10(16-6(2)19)8(13)11(15)17-12/h4H,1,5H2,2-3H3,(H,16,17,19). The quantitative estimate of drug-likeness (QED) is 0.680. The van der Waals surface area contributed by atoms with Crippen LogP contribution < -0.4 is 10.2 Å². The molecule has 0 unspecified atom stereocenters. The summed E-state index contributed by atoms with van der Waals surface area (Å²) in [7, 11) is 0. The first-order valence-corrected chi connectivity index (χ1v) is 5.50. The lowest BCUT2D eigenvalue weighted by atomic mass is 10.3. The first kappa shape index (κ1) is 15.7. The van der Waals surface area contributed by atoms with Gasteiger partial charge in [-0.15, -0.1) is 6.58 Å². The number of hydrogen-bond acceptors (Lipinski definition) is 3. The molecule has 0 saturated carbocycles. The lowest BCUT2D eigenvalue weighted by Crippen LogP contribution is -2.31. The fraction of sp³-hybridized carbons (Fsp3) is 0.250. The van der Waals surface area contributed by atoms with E-state index in [2.05, 4.69) is 11.6 Å². The normalized spacial score (nSPS) is 10.1. The van der Waals surface area contributed by atoms with Crippen molar-refractivity contribution in [2.45, 2.75) is 13.8 Å². The van der Waals surface area contributed by atoms with Crippen LogP contribution in [0.5, 0.6) is 0 Å². The average Bonchev–Trinajstić information content (AvgIpc) is 2.36. The predicted octanol–water partition coefficient (Wildman–Crippen LogP) is 2.00. The second-order valence-electron chi connectivity index (χ2n) is 3.83. The summed E-state index contributed by atoms with van der Waals surface area (Å²) in [6.07, 6.45) is 1.27. The Morgan fingerprint density at radius 1 is 1.30 bits per heavy atom. The predicted molar refractivity (Wildman–Crippen MR) is 66.6 cm³/mol. The lowest BCUT2D eigenvalue weighted by molar-refractivity contribution is -0.116. The Hall–Kier alpha value is -2.38. The Kier molecular flexibility index (Phi) is 4.84. The van der Waals surface area contributed by atoms with Crippen molar-refractivity contribution in [3.63, 3.8) is 0 Å². The third-order valence-corrected chi connectivity index (χ3v) is 2.27. The SMILES string of the molecule is C=CCN(C(C)=O)c1nc(F)c(F)c(NC(C)=O)c1F. The number of aromatic nitrogens is 1. The van der Waals surface area contributed by atoms with Crippen molar-refractivity contribution in [3.8, 4) is 0 Å². The van der Waals surface area contributed by atoms with Gasteiger partial charge in [0.05, 0.1) is 0 Å². The molecule has 1 heterocycles. The van der Waals surface area contributed by atoms with Gasteiger partial charge in [-0.25, -0.2) is 4.39 Å². The van der Waals surface area contributed by atoms with E-state index in [0.29, 0.717) is 0 Å². The molecule has 0 bridgehead atoms. The summed E-state index contributed by atoms with van der Waals surface area (Å²) in [4.78, 5) is 26.1. The Morgan fingerprint density at radius 2 is 1.90 bits per heavy atom. The molecule has 0 atom stereocenters. The number of anilines is 2. The maximum atomic E-state index is 14.1. The zero-order valence-electron chi connectivity index (χ0n) is 10.8. The molecular weight excluding hydrogens is 275 g/mol. The number of amides is 2. The number of rotatable bonds is 4. The van der Waals surface area contributed by atoms with Gasteiger partial charge in [-0.3, -0.25) is 14.5 Å². The monoisotopic (exact) mass is 287 g/mol. The van der Waals surface area contributed by atoms with E-state index < -0.39 is 40.9 Å². The summed E-state index contributed by atoms with van der Waals surface area (Å²) >= 11 is 0. The van der Waals surface area contributed by atoms with Gasteiger partial charge in [0, 0.05) is 20.4 Å². The molecule has 5 nitrogen and oxygen atoms in total. The minimum Gasteiger partial charge on any atom is -0.321 e. The van der Waals surface area contributed by atoms with E-state index in [0.717, 1.165) is 18.7 Å². The van der Waals surface area contributed by atoms with Crippen LogP contribution in [0.3, 0.4) is 0 Å². The molecule has 0 fully saturated rings. The maximum absolute atomic E-state index is 14.1. The highest BCUT2D eigenvalue weighted by Crippen LogP contribution is 2.28. The first-order chi connectivity index (χ1) is 9.29. The molecule has 0 aromatic carbocycles. The molecule has 1 rings (SSSR count). The largest absolute Gasteiger partial charge is 0.321 e. The van der Waals surface area contributed by atoms with Gasteiger partial charge in [-0.1, -0.05) is 6.08 Å². The smallest absolute Gasteiger partial charge is 0.253 e. The summed E-state index contributed by atoms with van der Waals surface area (Å²) in [5.74, 6) is -6.76. The minimum absolute atomic E-state index is 0.149. The molecule has 2 amide bonds. The zero-order valence-corrected chi connectivity index (χ0v) is 10.8. The highest BCUT2D eigenvalue weighted by molar-refractivity contribution is 5.93. The van der Waals surface area contributed by atoms with Crippen molar-refractivity contribution in [1.29, 1.82) is 0 Å². The van der Waals surface area contributed by atoms with Gasteiger partial charge in [0.2, 0.25) is 17.6 Å². The number of carbonyl (C=O) groups is 2. The van der Waals surface area contributed by atoms with Gasteiger partial charge in [0.25, 0.3) is 5.95 Å². The molecule has 1 N–H and O–H groups in total. The van der Waals surface area contributed by atoms with Crippen LogP contribution in [0.4, 0.5) is 24.7 Å². The summed E-state index contributed by atoms with van der Waals surface area (Å²) < 4.78 is 40.9. The number of pyridine rings is 1. The molecule has 0 radical (unpaired) electrons. The Labute approximate surface area is 113 Å². The van der Waals surface area contributed by atoms with Gasteiger partial charge in [-0.2, -0.15) is 13.8 Å². The zero-order chi connectivity index (χ0) is 15.4. The van der Waals surface area contributed by atoms with Gasteiger partial charge in [-0.05, 0) is 0 Å². The van der Waals surface area contributed by atoms with Crippen molar-refractivity contribution < 1.29 is 22.8 Å². The highest BCUT2D eigenvalue weighted by atomic mass is 19.2. The molecule has 1 aromatic rings. The van der Waals surface area contributed by atoms with Crippen molar-refractivity contribution in [1.82, 2.24) is 4.98 Å². The lowest BCUT2D eigenvalue weighted by Gasteiger charge is -2.20. The number of hydrogen-bond donors (Lipinski definition) is 1. The van der Waals surface area contributed by atoms with Crippen molar-refractivity contribution >= 4 is 23.3 Å². The van der Waals surface area contributed by atoms with Crippen LogP contribution in [0.1, 0.15) is 13.8 Å². The summed E-state index contributed by atoms with van der Waals surface area (Å²) in [5, 5.41) is 1.83. The second-order valence-corrected chi connectivity index (χ2v) is 3.83. The summed E-state index contributed by atoms with van der Waals surface area (Å²) in [6, 6.07) is 0. The van der Waals surface area contributed by atoms with Gasteiger partial charge < -0.3 is 5.32 Å². The van der Waals surface area contributed by atoms with Crippen LogP contribution in [0.15, 0.2) is 12.7 Å². The van der Waals surface area contributed by atoms with Gasteiger partial charge in [0.15, 0.2) is 11.6 Å². The molecule has 0 aliphatic carbocycles. The Bertz CT molecular complexity index is 576. The van der Waals surface area contributed by atoms with E-state index in [1.165, 1.54) is 6.08 Å². The number of halogens is 3. The van der Waals surface area contributed by atoms with Crippen LogP contribution in [0, 0.1) is 17.6 Å². The molecule has 0 spiro atoms. The average molecular weight is 287 g/mol. The summed E-state index contributed by atoms with van der Waals surface area (Å²) in [5.41, 5.74) is -0.990. The van der Waals surface area contributed by atoms with E-state index in [-0.39, 0.29) is 6.54 Å². The van der Waals surface area contributed by atoms with Gasteiger partial charge >= 0.3 is 0 Å². The summed E-state index contributed by atoms with van der Waals surface area (Å²) in [6.45, 7) is 5.32. The first-order valence-electron chi connectivity index (χ1n) is 5.50. The van der Waals surface area contributed by atoms with Gasteiger partial charge in [0.1, 0.15) is 5.69 Å². The highest BCUT2D eigenvalue weighted by Gasteiger charge is 2.26. The fourth-order valence-electron chi connectivity index (χ4n) is 1.46.